The Morgan fingerprint density at radius 3 is 2.23 bits per heavy atom. The van der Waals surface area contributed by atoms with Crippen LogP contribution in [0.5, 0.6) is 0 Å². The van der Waals surface area contributed by atoms with Crippen molar-refractivity contribution in [3.8, 4) is 11.4 Å². The van der Waals surface area contributed by atoms with Crippen molar-refractivity contribution in [1.29, 1.82) is 0 Å². The first-order valence-corrected chi connectivity index (χ1v) is 11.4. The summed E-state index contributed by atoms with van der Waals surface area (Å²) in [7, 11) is 0. The molecule has 4 heterocycles. The SMILES string of the molecule is c1ccc2/c(c1)=c1/cco/c1=c1\cco\c1=c1/cnc(-c3cccc4c3oc3ccccc34)n/c1=2. The number of para-hydroxylation sites is 2. The minimum Gasteiger partial charge on any atom is -0.464 e. The lowest BCUT2D eigenvalue weighted by atomic mass is 10.1. The third-order valence-electron chi connectivity index (χ3n) is 6.73. The highest BCUT2D eigenvalue weighted by atomic mass is 16.3. The van der Waals surface area contributed by atoms with Crippen molar-refractivity contribution >= 4 is 21.9 Å². The van der Waals surface area contributed by atoms with E-state index in [1.807, 2.05) is 60.8 Å². The number of aromatic nitrogens is 2. The van der Waals surface area contributed by atoms with Gasteiger partial charge in [0, 0.05) is 27.4 Å². The normalized spacial score (nSPS) is 16.1. The van der Waals surface area contributed by atoms with Gasteiger partial charge >= 0.3 is 0 Å². The minimum absolute atomic E-state index is 0.601. The summed E-state index contributed by atoms with van der Waals surface area (Å²) in [5, 5.41) is 7.69. The number of hydrogen-bond donors (Lipinski definition) is 0. The van der Waals surface area contributed by atoms with Crippen LogP contribution in [0.2, 0.25) is 0 Å². The van der Waals surface area contributed by atoms with Crippen LogP contribution in [-0.4, -0.2) is 9.97 Å². The Morgan fingerprint density at radius 1 is 0.571 bits per heavy atom. The van der Waals surface area contributed by atoms with Crippen LogP contribution in [0.3, 0.4) is 0 Å². The van der Waals surface area contributed by atoms with E-state index < -0.39 is 0 Å². The number of furan rings is 3. The molecular weight excluding hydrogens is 436 g/mol. The number of fused-ring (bicyclic) bond motifs is 7. The van der Waals surface area contributed by atoms with Crippen molar-refractivity contribution in [2.24, 2.45) is 0 Å². The summed E-state index contributed by atoms with van der Waals surface area (Å²) in [6.07, 6.45) is 5.24. The summed E-state index contributed by atoms with van der Waals surface area (Å²) in [5.74, 6) is 0.601. The topological polar surface area (TPSA) is 65.2 Å². The van der Waals surface area contributed by atoms with Crippen LogP contribution in [0.25, 0.3) is 33.3 Å². The molecule has 7 aromatic rings. The van der Waals surface area contributed by atoms with Crippen LogP contribution in [-0.2, 0) is 0 Å². The van der Waals surface area contributed by atoms with Gasteiger partial charge in [0.2, 0.25) is 0 Å². The van der Waals surface area contributed by atoms with Crippen LogP contribution < -0.4 is 0 Å². The second-order valence-electron chi connectivity index (χ2n) is 8.61. The molecule has 0 saturated heterocycles. The van der Waals surface area contributed by atoms with E-state index in [1.165, 1.54) is 0 Å². The number of hydrogen-bond acceptors (Lipinski definition) is 5. The molecule has 1 aliphatic carbocycles. The quantitative estimate of drug-likeness (QED) is 0.278. The lowest BCUT2D eigenvalue weighted by Crippen LogP contribution is -1.95. The van der Waals surface area contributed by atoms with Crippen molar-refractivity contribution in [3.63, 3.8) is 0 Å². The van der Waals surface area contributed by atoms with Crippen LogP contribution in [0, 0.1) is 42.3 Å². The molecular formula is C30H16N2O3. The molecule has 5 heteroatoms. The van der Waals surface area contributed by atoms with Gasteiger partial charge in [0.05, 0.1) is 33.9 Å². The molecule has 0 radical (unpaired) electrons. The highest BCUT2D eigenvalue weighted by Crippen LogP contribution is 2.34. The van der Waals surface area contributed by atoms with Crippen LogP contribution in [0.15, 0.2) is 111 Å². The van der Waals surface area contributed by atoms with Crippen molar-refractivity contribution in [3.05, 3.63) is 140 Å². The molecule has 35 heavy (non-hydrogen) atoms. The zero-order chi connectivity index (χ0) is 22.9. The third kappa shape index (κ3) is 2.52. The van der Waals surface area contributed by atoms with Crippen molar-refractivity contribution in [2.75, 3.05) is 0 Å². The number of nitrogens with zero attached hydrogens (tertiary/aromatic N) is 2. The molecule has 0 amide bonds. The van der Waals surface area contributed by atoms with Crippen molar-refractivity contribution in [1.82, 2.24) is 9.97 Å². The Balaban J connectivity index is 1.62. The summed E-state index contributed by atoms with van der Waals surface area (Å²) in [5.41, 5.74) is 3.95. The van der Waals surface area contributed by atoms with Gasteiger partial charge in [-0.25, -0.2) is 9.97 Å². The molecule has 0 atom stereocenters. The lowest BCUT2D eigenvalue weighted by molar-refractivity contribution is 0.516. The standard InChI is InChI=1S/C30H16N2O3/c1-2-8-19-17(6-1)21-12-14-33-27(21)22-13-15-34-28(22)24-16-31-30(32-26(19)24)23-10-5-9-20-18-7-3-4-11-25(18)35-29(20)23/h1-16H/b21-17-,26-19+,27-22+,28-24+. The van der Waals surface area contributed by atoms with E-state index in [4.69, 9.17) is 23.2 Å². The molecule has 3 aromatic carbocycles. The molecule has 0 N–H and O–H groups in total. The molecule has 0 aliphatic heterocycles. The molecule has 164 valence electrons. The summed E-state index contributed by atoms with van der Waals surface area (Å²) in [4.78, 5) is 9.91. The van der Waals surface area contributed by atoms with E-state index >= 15 is 0 Å². The molecule has 1 aliphatic rings. The molecule has 0 spiro atoms. The van der Waals surface area contributed by atoms with E-state index in [0.29, 0.717) is 11.2 Å². The second-order valence-corrected chi connectivity index (χ2v) is 8.61. The first kappa shape index (κ1) is 18.5. The third-order valence-corrected chi connectivity index (χ3v) is 6.73. The van der Waals surface area contributed by atoms with Gasteiger partial charge in [0.15, 0.2) is 5.82 Å². The van der Waals surface area contributed by atoms with E-state index in [-0.39, 0.29) is 0 Å². The second kappa shape index (κ2) is 6.81. The van der Waals surface area contributed by atoms with Crippen LogP contribution >= 0.6 is 0 Å². The maximum absolute atomic E-state index is 6.27. The first-order valence-electron chi connectivity index (χ1n) is 11.4. The Labute approximate surface area is 196 Å². The van der Waals surface area contributed by atoms with Crippen LogP contribution in [0.4, 0.5) is 0 Å². The van der Waals surface area contributed by atoms with E-state index in [9.17, 15) is 0 Å². The van der Waals surface area contributed by atoms with Crippen molar-refractivity contribution in [2.45, 2.75) is 0 Å². The van der Waals surface area contributed by atoms with Gasteiger partial charge in [-0.2, -0.15) is 0 Å². The predicted octanol–water partition coefficient (Wildman–Crippen LogP) is 6.69. The summed E-state index contributed by atoms with van der Waals surface area (Å²) in [6, 6.07) is 26.3. The average molecular weight is 452 g/mol. The Hall–Kier alpha value is -4.90. The van der Waals surface area contributed by atoms with Gasteiger partial charge in [-0.05, 0) is 29.5 Å². The fourth-order valence-electron chi connectivity index (χ4n) is 5.16. The molecule has 5 nitrogen and oxygen atoms in total. The van der Waals surface area contributed by atoms with Gasteiger partial charge in [-0.1, -0.05) is 54.6 Å². The zero-order valence-corrected chi connectivity index (χ0v) is 18.4. The van der Waals surface area contributed by atoms with Gasteiger partial charge in [0.25, 0.3) is 0 Å². The predicted molar refractivity (Wildman–Crippen MR) is 129 cm³/mol. The smallest absolute Gasteiger partial charge is 0.163 e. The maximum Gasteiger partial charge on any atom is 0.163 e. The average Bonchev–Trinajstić information content (AvgIpc) is 3.65. The summed E-state index contributed by atoms with van der Waals surface area (Å²) in [6.45, 7) is 0. The molecule has 0 unspecified atom stereocenters. The van der Waals surface area contributed by atoms with Gasteiger partial charge < -0.3 is 13.3 Å². The summed E-state index contributed by atoms with van der Waals surface area (Å²) < 4.78 is 18.1. The highest BCUT2D eigenvalue weighted by Gasteiger charge is 2.14. The first-order chi connectivity index (χ1) is 17.4. The Morgan fingerprint density at radius 2 is 1.31 bits per heavy atom. The highest BCUT2D eigenvalue weighted by molar-refractivity contribution is 6.08. The molecule has 4 aromatic heterocycles. The number of rotatable bonds is 1. The molecule has 0 saturated carbocycles. The monoisotopic (exact) mass is 452 g/mol. The fourth-order valence-corrected chi connectivity index (χ4v) is 5.16. The fraction of sp³-hybridized carbons (Fsp3) is 0. The minimum atomic E-state index is 0.601. The maximum atomic E-state index is 6.27. The Bertz CT molecular complexity index is 2350. The van der Waals surface area contributed by atoms with E-state index in [2.05, 4.69) is 24.3 Å². The van der Waals surface area contributed by atoms with E-state index in [1.54, 1.807) is 12.5 Å². The lowest BCUT2D eigenvalue weighted by Gasteiger charge is -2.03. The van der Waals surface area contributed by atoms with Gasteiger partial charge in [0.1, 0.15) is 22.0 Å². The van der Waals surface area contributed by atoms with Crippen molar-refractivity contribution < 1.29 is 13.3 Å². The molecule has 8 rings (SSSR count). The molecule has 0 bridgehead atoms. The molecule has 0 fully saturated rings. The Kier molecular flexibility index (Phi) is 3.60. The van der Waals surface area contributed by atoms with E-state index in [0.717, 1.165) is 64.4 Å². The van der Waals surface area contributed by atoms with Crippen LogP contribution in [0.1, 0.15) is 0 Å². The largest absolute Gasteiger partial charge is 0.464 e. The van der Waals surface area contributed by atoms with Gasteiger partial charge in [-0.15, -0.1) is 0 Å². The zero-order valence-electron chi connectivity index (χ0n) is 18.4. The van der Waals surface area contributed by atoms with Gasteiger partial charge in [-0.3, -0.25) is 0 Å². The number of benzene rings is 3. The summed E-state index contributed by atoms with van der Waals surface area (Å²) >= 11 is 0.